The summed E-state index contributed by atoms with van der Waals surface area (Å²) in [6.07, 6.45) is 0. The Labute approximate surface area is 366 Å². The van der Waals surface area contributed by atoms with E-state index in [1.807, 2.05) is 0 Å². The van der Waals surface area contributed by atoms with Crippen LogP contribution in [-0.2, 0) is 10.8 Å². The van der Waals surface area contributed by atoms with Gasteiger partial charge in [-0.3, -0.25) is 0 Å². The Balaban J connectivity index is 0.898. The van der Waals surface area contributed by atoms with E-state index in [9.17, 15) is 0 Å². The average Bonchev–Trinajstić information content (AvgIpc) is 3.65. The summed E-state index contributed by atoms with van der Waals surface area (Å²) in [5.74, 6) is 0.879. The Bertz CT molecular complexity index is 3510. The highest BCUT2D eigenvalue weighted by Crippen LogP contribution is 2.53. The van der Waals surface area contributed by atoms with Crippen LogP contribution in [0.5, 0.6) is 0 Å². The molecular weight excluding hydrogens is 745 g/mol. The quantitative estimate of drug-likeness (QED) is 0.152. The highest BCUT2D eigenvalue weighted by Gasteiger charge is 2.37. The Morgan fingerprint density at radius 2 is 0.742 bits per heavy atom. The van der Waals surface area contributed by atoms with E-state index in [1.54, 1.807) is 0 Å². The van der Waals surface area contributed by atoms with Gasteiger partial charge in [0.2, 0.25) is 0 Å². The molecule has 0 unspecified atom stereocenters. The number of benzene rings is 10. The van der Waals surface area contributed by atoms with Gasteiger partial charge in [0.05, 0.1) is 0 Å². The number of rotatable bonds is 5. The van der Waals surface area contributed by atoms with Gasteiger partial charge in [0.1, 0.15) is 0 Å². The van der Waals surface area contributed by atoms with Crippen LogP contribution in [-0.4, -0.2) is 0 Å². The van der Waals surface area contributed by atoms with Crippen molar-refractivity contribution in [1.82, 2.24) is 0 Å². The standard InChI is InChI=1S/C62H52/c1-35(2)45-22-17-37-18-26-51-53(36(3)4)34-54(52-28-27-50(45)59(37)60(51)52)44-16-15-38-29-39(13-14-40(38)30-44)41-19-24-48-49-25-21-43(33-58(49)62(7,8)57(48)31-41)42-20-23-47-46-11-9-10-12-55(46)61(5,6)56(47)32-42/h9-36H,1-8H3. The van der Waals surface area contributed by atoms with Crippen LogP contribution >= 0.6 is 0 Å². The number of hydrogen-bond acceptors (Lipinski definition) is 0. The Hall–Kier alpha value is -6.50. The molecule has 0 N–H and O–H groups in total. The first kappa shape index (κ1) is 37.3. The first-order chi connectivity index (χ1) is 29.9. The highest BCUT2D eigenvalue weighted by atomic mass is 14.4. The molecule has 62 heavy (non-hydrogen) atoms. The lowest BCUT2D eigenvalue weighted by Crippen LogP contribution is -2.15. The van der Waals surface area contributed by atoms with Crippen molar-refractivity contribution in [3.63, 3.8) is 0 Å². The van der Waals surface area contributed by atoms with Crippen molar-refractivity contribution >= 4 is 43.1 Å². The second-order valence-electron chi connectivity index (χ2n) is 20.1. The van der Waals surface area contributed by atoms with Crippen molar-refractivity contribution in [1.29, 1.82) is 0 Å². The van der Waals surface area contributed by atoms with E-state index in [4.69, 9.17) is 0 Å². The molecule has 0 nitrogen and oxygen atoms in total. The van der Waals surface area contributed by atoms with Crippen molar-refractivity contribution in [3.05, 3.63) is 191 Å². The van der Waals surface area contributed by atoms with Crippen molar-refractivity contribution < 1.29 is 0 Å². The monoisotopic (exact) mass is 796 g/mol. The highest BCUT2D eigenvalue weighted by molar-refractivity contribution is 6.27. The zero-order chi connectivity index (χ0) is 42.4. The summed E-state index contributed by atoms with van der Waals surface area (Å²) in [7, 11) is 0. The molecule has 0 bridgehead atoms. The first-order valence-corrected chi connectivity index (χ1v) is 22.7. The van der Waals surface area contributed by atoms with Gasteiger partial charge in [-0.15, -0.1) is 0 Å². The topological polar surface area (TPSA) is 0 Å². The Morgan fingerprint density at radius 1 is 0.306 bits per heavy atom. The molecular formula is C62H52. The molecule has 0 aromatic heterocycles. The van der Waals surface area contributed by atoms with Crippen molar-refractivity contribution in [2.24, 2.45) is 0 Å². The lowest BCUT2D eigenvalue weighted by Gasteiger charge is -2.23. The van der Waals surface area contributed by atoms with Gasteiger partial charge in [-0.1, -0.05) is 177 Å². The summed E-state index contributed by atoms with van der Waals surface area (Å²) in [5, 5.41) is 10.8. The molecule has 0 saturated heterocycles. The van der Waals surface area contributed by atoms with Crippen LogP contribution in [0.2, 0.25) is 0 Å². The second kappa shape index (κ2) is 13.0. The number of fused-ring (bicyclic) bond motifs is 7. The maximum atomic E-state index is 2.48. The molecule has 0 fully saturated rings. The average molecular weight is 797 g/mol. The molecule has 0 radical (unpaired) electrons. The third-order valence-electron chi connectivity index (χ3n) is 15.2. The molecule has 10 aromatic rings. The van der Waals surface area contributed by atoms with Gasteiger partial charge in [-0.2, -0.15) is 0 Å². The van der Waals surface area contributed by atoms with Crippen LogP contribution in [0.25, 0.3) is 98.7 Å². The molecule has 0 saturated carbocycles. The summed E-state index contributed by atoms with van der Waals surface area (Å²) >= 11 is 0. The first-order valence-electron chi connectivity index (χ1n) is 22.7. The molecule has 0 spiro atoms. The lowest BCUT2D eigenvalue weighted by molar-refractivity contribution is 0.659. The fourth-order valence-electron chi connectivity index (χ4n) is 11.7. The fraction of sp³-hybridized carbons (Fsp3) is 0.194. The van der Waals surface area contributed by atoms with Gasteiger partial charge < -0.3 is 0 Å². The van der Waals surface area contributed by atoms with Crippen LogP contribution in [0.3, 0.4) is 0 Å². The molecule has 0 aliphatic heterocycles. The van der Waals surface area contributed by atoms with Crippen molar-refractivity contribution in [2.45, 2.75) is 78.1 Å². The van der Waals surface area contributed by atoms with Gasteiger partial charge in [-0.05, 0) is 180 Å². The van der Waals surface area contributed by atoms with E-state index in [0.29, 0.717) is 11.8 Å². The molecule has 0 amide bonds. The maximum absolute atomic E-state index is 2.48. The van der Waals surface area contributed by atoms with E-state index < -0.39 is 0 Å². The van der Waals surface area contributed by atoms with Crippen LogP contribution in [0.15, 0.2) is 158 Å². The summed E-state index contributed by atoms with van der Waals surface area (Å²) in [4.78, 5) is 0. The molecule has 2 aliphatic carbocycles. The molecule has 300 valence electrons. The zero-order valence-electron chi connectivity index (χ0n) is 37.2. The van der Waals surface area contributed by atoms with E-state index >= 15 is 0 Å². The minimum Gasteiger partial charge on any atom is -0.0619 e. The fourth-order valence-corrected chi connectivity index (χ4v) is 11.7. The third-order valence-corrected chi connectivity index (χ3v) is 15.2. The summed E-state index contributed by atoms with van der Waals surface area (Å²) in [6.45, 7) is 18.8. The Kier molecular flexibility index (Phi) is 7.82. The minimum absolute atomic E-state index is 0.0177. The largest absolute Gasteiger partial charge is 0.0619 e. The molecule has 10 aromatic carbocycles. The molecule has 2 aliphatic rings. The third kappa shape index (κ3) is 5.19. The number of hydrogen-bond donors (Lipinski definition) is 0. The van der Waals surface area contributed by atoms with E-state index in [2.05, 4.69) is 213 Å². The lowest BCUT2D eigenvalue weighted by atomic mass is 9.80. The van der Waals surface area contributed by atoms with E-state index in [-0.39, 0.29) is 10.8 Å². The van der Waals surface area contributed by atoms with Crippen LogP contribution in [0.4, 0.5) is 0 Å². The molecule has 0 heteroatoms. The minimum atomic E-state index is -0.124. The zero-order valence-corrected chi connectivity index (χ0v) is 37.2. The van der Waals surface area contributed by atoms with Crippen molar-refractivity contribution in [3.8, 4) is 55.6 Å². The van der Waals surface area contributed by atoms with Gasteiger partial charge in [0.25, 0.3) is 0 Å². The SMILES string of the molecule is CC(C)c1ccc2ccc3c(C(C)C)cc(-c4ccc5cc(-c6ccc7c(c6)C(C)(C)c6cc(-c8ccc9c(c8)C(C)(C)c8ccccc8-9)ccc6-7)ccc5c4)c4ccc1c2c43. The maximum Gasteiger partial charge on any atom is 0.0159 e. The second-order valence-corrected chi connectivity index (χ2v) is 20.1. The van der Waals surface area contributed by atoms with E-state index in [0.717, 1.165) is 0 Å². The molecule has 0 atom stereocenters. The van der Waals surface area contributed by atoms with Crippen LogP contribution in [0, 0.1) is 0 Å². The van der Waals surface area contributed by atoms with Gasteiger partial charge in [-0.25, -0.2) is 0 Å². The predicted molar refractivity (Wildman–Crippen MR) is 267 cm³/mol. The molecule has 0 heterocycles. The predicted octanol–water partition coefficient (Wildman–Crippen LogP) is 17.6. The van der Waals surface area contributed by atoms with Crippen LogP contribution < -0.4 is 0 Å². The summed E-state index contributed by atoms with van der Waals surface area (Å²) in [6, 6.07) is 61.1. The van der Waals surface area contributed by atoms with Crippen LogP contribution in [0.1, 0.15) is 101 Å². The van der Waals surface area contributed by atoms with Crippen molar-refractivity contribution in [2.75, 3.05) is 0 Å². The van der Waals surface area contributed by atoms with Gasteiger partial charge in [0.15, 0.2) is 0 Å². The Morgan fingerprint density at radius 3 is 1.35 bits per heavy atom. The smallest absolute Gasteiger partial charge is 0.0159 e. The van der Waals surface area contributed by atoms with Gasteiger partial charge in [0, 0.05) is 10.8 Å². The summed E-state index contributed by atoms with van der Waals surface area (Å²) in [5.41, 5.74) is 21.5. The summed E-state index contributed by atoms with van der Waals surface area (Å²) < 4.78 is 0. The van der Waals surface area contributed by atoms with E-state index in [1.165, 1.54) is 132 Å². The molecule has 12 rings (SSSR count). The normalized spacial score (nSPS) is 14.7. The van der Waals surface area contributed by atoms with Gasteiger partial charge >= 0.3 is 0 Å².